The zero-order chi connectivity index (χ0) is 16.8. The molecule has 0 aliphatic carbocycles. The fourth-order valence-corrected chi connectivity index (χ4v) is 3.38. The molecular formula is C19H24ClN3O+2. The van der Waals surface area contributed by atoms with Gasteiger partial charge in [-0.1, -0.05) is 48.0 Å². The Morgan fingerprint density at radius 1 is 0.958 bits per heavy atom. The van der Waals surface area contributed by atoms with E-state index in [9.17, 15) is 4.79 Å². The number of carbonyl (C=O) groups is 1. The van der Waals surface area contributed by atoms with Crippen LogP contribution in [-0.4, -0.2) is 38.6 Å². The first-order valence-electron chi connectivity index (χ1n) is 8.45. The highest BCUT2D eigenvalue weighted by atomic mass is 35.5. The number of carbonyl (C=O) groups excluding carboxylic acids is 1. The molecule has 0 saturated carbocycles. The van der Waals surface area contributed by atoms with Gasteiger partial charge >= 0.3 is 0 Å². The van der Waals surface area contributed by atoms with Crippen LogP contribution in [0.1, 0.15) is 5.56 Å². The Kier molecular flexibility index (Phi) is 5.86. The fourth-order valence-electron chi connectivity index (χ4n) is 3.19. The lowest BCUT2D eigenvalue weighted by Gasteiger charge is -2.29. The summed E-state index contributed by atoms with van der Waals surface area (Å²) in [5.41, 5.74) is 2.15. The minimum Gasteiger partial charge on any atom is -0.322 e. The summed E-state index contributed by atoms with van der Waals surface area (Å²) >= 11 is 5.94. The molecule has 1 aliphatic rings. The molecule has 0 atom stereocenters. The third-order valence-electron chi connectivity index (χ3n) is 4.48. The lowest BCUT2D eigenvalue weighted by Crippen LogP contribution is -3.28. The van der Waals surface area contributed by atoms with Gasteiger partial charge in [-0.3, -0.25) is 4.79 Å². The number of nitrogens with one attached hydrogen (secondary N) is 3. The van der Waals surface area contributed by atoms with Gasteiger partial charge in [-0.25, -0.2) is 0 Å². The summed E-state index contributed by atoms with van der Waals surface area (Å²) in [4.78, 5) is 15.1. The largest absolute Gasteiger partial charge is 0.322 e. The summed E-state index contributed by atoms with van der Waals surface area (Å²) in [6.07, 6.45) is 0. The van der Waals surface area contributed by atoms with Gasteiger partial charge in [-0.2, -0.15) is 0 Å². The van der Waals surface area contributed by atoms with E-state index in [1.807, 2.05) is 12.1 Å². The third-order valence-corrected chi connectivity index (χ3v) is 4.72. The molecule has 0 aromatic heterocycles. The van der Waals surface area contributed by atoms with Crippen molar-refractivity contribution in [3.8, 4) is 0 Å². The number of rotatable bonds is 5. The molecule has 2 aromatic rings. The predicted octanol–water partition coefficient (Wildman–Crippen LogP) is 0.262. The van der Waals surface area contributed by atoms with Crippen molar-refractivity contribution >= 4 is 23.2 Å². The van der Waals surface area contributed by atoms with E-state index in [2.05, 4.69) is 35.6 Å². The van der Waals surface area contributed by atoms with Crippen LogP contribution < -0.4 is 15.1 Å². The molecule has 3 N–H and O–H groups in total. The SMILES string of the molecule is O=C(C[NH+]1CC[NH+](Cc2ccccc2)CC1)Nc1cccc(Cl)c1. The van der Waals surface area contributed by atoms with Crippen LogP contribution in [0, 0.1) is 0 Å². The maximum absolute atomic E-state index is 12.2. The van der Waals surface area contributed by atoms with E-state index in [0.29, 0.717) is 11.6 Å². The molecule has 24 heavy (non-hydrogen) atoms. The number of hydrogen-bond acceptors (Lipinski definition) is 1. The summed E-state index contributed by atoms with van der Waals surface area (Å²) in [5.74, 6) is 0.0544. The number of hydrogen-bond donors (Lipinski definition) is 3. The molecule has 1 saturated heterocycles. The first-order chi connectivity index (χ1) is 11.7. The van der Waals surface area contributed by atoms with E-state index < -0.39 is 0 Å². The maximum atomic E-state index is 12.2. The summed E-state index contributed by atoms with van der Waals surface area (Å²) in [7, 11) is 0. The molecule has 3 rings (SSSR count). The topological polar surface area (TPSA) is 38.0 Å². The van der Waals surface area contributed by atoms with Gasteiger partial charge in [0.15, 0.2) is 6.54 Å². The maximum Gasteiger partial charge on any atom is 0.279 e. The molecule has 1 amide bonds. The van der Waals surface area contributed by atoms with Crippen molar-refractivity contribution in [2.45, 2.75) is 6.54 Å². The number of benzene rings is 2. The van der Waals surface area contributed by atoms with Crippen molar-refractivity contribution in [2.24, 2.45) is 0 Å². The predicted molar refractivity (Wildman–Crippen MR) is 96.5 cm³/mol. The molecule has 5 heteroatoms. The Bertz CT molecular complexity index is 669. The van der Waals surface area contributed by atoms with Gasteiger partial charge in [-0.15, -0.1) is 0 Å². The minimum atomic E-state index is 0.0544. The van der Waals surface area contributed by atoms with Crippen LogP contribution in [0.5, 0.6) is 0 Å². The van der Waals surface area contributed by atoms with Crippen molar-refractivity contribution < 1.29 is 14.6 Å². The second-order valence-corrected chi connectivity index (χ2v) is 6.83. The number of quaternary nitrogens is 2. The minimum absolute atomic E-state index is 0.0544. The number of amides is 1. The Morgan fingerprint density at radius 3 is 2.38 bits per heavy atom. The van der Waals surface area contributed by atoms with E-state index >= 15 is 0 Å². The molecule has 4 nitrogen and oxygen atoms in total. The summed E-state index contributed by atoms with van der Waals surface area (Å²) < 4.78 is 0. The molecule has 0 unspecified atom stereocenters. The lowest BCUT2D eigenvalue weighted by atomic mass is 10.2. The van der Waals surface area contributed by atoms with Crippen molar-refractivity contribution in [3.63, 3.8) is 0 Å². The molecule has 0 spiro atoms. The molecule has 126 valence electrons. The lowest BCUT2D eigenvalue weighted by molar-refractivity contribution is -1.02. The van der Waals surface area contributed by atoms with Crippen molar-refractivity contribution in [1.29, 1.82) is 0 Å². The van der Waals surface area contributed by atoms with Crippen molar-refractivity contribution in [3.05, 3.63) is 65.2 Å². The van der Waals surface area contributed by atoms with Gasteiger partial charge in [0.1, 0.15) is 32.7 Å². The van der Waals surface area contributed by atoms with Crippen LogP contribution >= 0.6 is 11.6 Å². The van der Waals surface area contributed by atoms with Crippen LogP contribution in [0.25, 0.3) is 0 Å². The van der Waals surface area contributed by atoms with Gasteiger partial charge in [0.05, 0.1) is 0 Å². The standard InChI is InChI=1S/C19H22ClN3O/c20-17-7-4-8-18(13-17)21-19(24)15-23-11-9-22(10-12-23)14-16-5-2-1-3-6-16/h1-8,13H,9-12,14-15H2,(H,21,24)/p+2. The van der Waals surface area contributed by atoms with Crippen LogP contribution in [-0.2, 0) is 11.3 Å². The second kappa shape index (κ2) is 8.29. The van der Waals surface area contributed by atoms with Crippen LogP contribution in [0.4, 0.5) is 5.69 Å². The van der Waals surface area contributed by atoms with E-state index in [4.69, 9.17) is 11.6 Å². The van der Waals surface area contributed by atoms with Gasteiger partial charge < -0.3 is 15.1 Å². The first-order valence-corrected chi connectivity index (χ1v) is 8.83. The zero-order valence-electron chi connectivity index (χ0n) is 13.7. The summed E-state index contributed by atoms with van der Waals surface area (Å²) in [5, 5.41) is 3.57. The Hall–Kier alpha value is -1.88. The van der Waals surface area contributed by atoms with Crippen LogP contribution in [0.15, 0.2) is 54.6 Å². The normalized spacial score (nSPS) is 20.5. The highest BCUT2D eigenvalue weighted by Crippen LogP contribution is 2.14. The third kappa shape index (κ3) is 5.06. The average Bonchev–Trinajstić information content (AvgIpc) is 2.57. The first kappa shape index (κ1) is 17.0. The Morgan fingerprint density at radius 2 is 1.67 bits per heavy atom. The van der Waals surface area contributed by atoms with Gasteiger partial charge in [0.2, 0.25) is 0 Å². The quantitative estimate of drug-likeness (QED) is 0.714. The smallest absolute Gasteiger partial charge is 0.279 e. The van der Waals surface area contributed by atoms with E-state index in [1.54, 1.807) is 17.0 Å². The van der Waals surface area contributed by atoms with Gasteiger partial charge in [0.25, 0.3) is 5.91 Å². The molecule has 2 aromatic carbocycles. The Labute approximate surface area is 148 Å². The van der Waals surface area contributed by atoms with Crippen molar-refractivity contribution in [1.82, 2.24) is 0 Å². The Balaban J connectivity index is 1.42. The van der Waals surface area contributed by atoms with Crippen LogP contribution in [0.2, 0.25) is 5.02 Å². The summed E-state index contributed by atoms with van der Waals surface area (Å²) in [6.45, 7) is 5.87. The molecule has 1 heterocycles. The monoisotopic (exact) mass is 345 g/mol. The molecular weight excluding hydrogens is 322 g/mol. The average molecular weight is 346 g/mol. The fraction of sp³-hybridized carbons (Fsp3) is 0.316. The molecule has 0 radical (unpaired) electrons. The number of halogens is 1. The zero-order valence-corrected chi connectivity index (χ0v) is 14.5. The highest BCUT2D eigenvalue weighted by Gasteiger charge is 2.24. The van der Waals surface area contributed by atoms with E-state index in [1.165, 1.54) is 10.5 Å². The van der Waals surface area contributed by atoms with E-state index in [-0.39, 0.29) is 5.91 Å². The molecule has 1 fully saturated rings. The molecule has 0 bridgehead atoms. The number of anilines is 1. The van der Waals surface area contributed by atoms with Crippen molar-refractivity contribution in [2.75, 3.05) is 38.0 Å². The van der Waals surface area contributed by atoms with Crippen LogP contribution in [0.3, 0.4) is 0 Å². The highest BCUT2D eigenvalue weighted by molar-refractivity contribution is 6.30. The van der Waals surface area contributed by atoms with Gasteiger partial charge in [0, 0.05) is 16.3 Å². The summed E-state index contributed by atoms with van der Waals surface area (Å²) in [6, 6.07) is 17.9. The second-order valence-electron chi connectivity index (χ2n) is 6.40. The number of piperazine rings is 1. The van der Waals surface area contributed by atoms with Gasteiger partial charge in [-0.05, 0) is 18.2 Å². The van der Waals surface area contributed by atoms with E-state index in [0.717, 1.165) is 38.4 Å². The molecule has 1 aliphatic heterocycles.